The molecular formula is C22H30N4O2. The van der Waals surface area contributed by atoms with Crippen LogP contribution in [0.2, 0.25) is 0 Å². The van der Waals surface area contributed by atoms with Gasteiger partial charge in [-0.3, -0.25) is 4.79 Å². The van der Waals surface area contributed by atoms with E-state index in [1.807, 2.05) is 31.2 Å². The molecule has 1 amide bonds. The smallest absolute Gasteiger partial charge is 0.342 e. The molecule has 1 aromatic heterocycles. The SMILES string of the molecule is Cc1ccccc1-n1c(CC2CCN(C(=O)C3CCCCC3)CC2)n[nH]c1=O. The van der Waals surface area contributed by atoms with Crippen molar-refractivity contribution in [2.75, 3.05) is 13.1 Å². The summed E-state index contributed by atoms with van der Waals surface area (Å²) in [4.78, 5) is 27.2. The number of nitrogens with zero attached hydrogens (tertiary/aromatic N) is 3. The van der Waals surface area contributed by atoms with E-state index < -0.39 is 0 Å². The lowest BCUT2D eigenvalue weighted by atomic mass is 9.86. The van der Waals surface area contributed by atoms with E-state index in [2.05, 4.69) is 15.1 Å². The van der Waals surface area contributed by atoms with Crippen LogP contribution in [0, 0.1) is 18.8 Å². The standard InChI is InChI=1S/C22H30N4O2/c1-16-7-5-6-10-19(16)26-20(23-24-22(26)28)15-17-11-13-25(14-12-17)21(27)18-8-3-2-4-9-18/h5-7,10,17-18H,2-4,8-9,11-15H2,1H3,(H,24,28). The van der Waals surface area contributed by atoms with Crippen LogP contribution in [-0.2, 0) is 11.2 Å². The summed E-state index contributed by atoms with van der Waals surface area (Å²) in [6.45, 7) is 3.67. The normalized spacial score (nSPS) is 19.1. The molecule has 150 valence electrons. The zero-order valence-electron chi connectivity index (χ0n) is 16.7. The number of carbonyl (C=O) groups is 1. The van der Waals surface area contributed by atoms with Gasteiger partial charge in [0.15, 0.2) is 0 Å². The molecule has 0 bridgehead atoms. The van der Waals surface area contributed by atoms with Gasteiger partial charge in [-0.1, -0.05) is 37.5 Å². The summed E-state index contributed by atoms with van der Waals surface area (Å²) in [6.07, 6.45) is 8.52. The Bertz CT molecular complexity index is 871. The fraction of sp³-hybridized carbons (Fsp3) is 0.591. The number of hydrogen-bond acceptors (Lipinski definition) is 3. The predicted molar refractivity (Wildman–Crippen MR) is 109 cm³/mol. The third-order valence-electron chi connectivity index (χ3n) is 6.45. The number of para-hydroxylation sites is 1. The van der Waals surface area contributed by atoms with E-state index in [0.29, 0.717) is 11.8 Å². The van der Waals surface area contributed by atoms with Crippen molar-refractivity contribution in [3.8, 4) is 5.69 Å². The average Bonchev–Trinajstić information content (AvgIpc) is 3.09. The summed E-state index contributed by atoms with van der Waals surface area (Å²) in [5, 5.41) is 6.92. The van der Waals surface area contributed by atoms with Crippen LogP contribution in [0.5, 0.6) is 0 Å². The Balaban J connectivity index is 1.40. The minimum atomic E-state index is -0.186. The van der Waals surface area contributed by atoms with Crippen molar-refractivity contribution in [3.05, 3.63) is 46.1 Å². The second-order valence-corrected chi connectivity index (χ2v) is 8.37. The Kier molecular flexibility index (Phi) is 5.64. The van der Waals surface area contributed by atoms with Crippen molar-refractivity contribution in [3.63, 3.8) is 0 Å². The number of amides is 1. The molecule has 2 heterocycles. The maximum absolute atomic E-state index is 12.8. The monoisotopic (exact) mass is 382 g/mol. The van der Waals surface area contributed by atoms with Crippen LogP contribution in [0.15, 0.2) is 29.1 Å². The van der Waals surface area contributed by atoms with Gasteiger partial charge < -0.3 is 4.90 Å². The van der Waals surface area contributed by atoms with Gasteiger partial charge in [0.25, 0.3) is 0 Å². The van der Waals surface area contributed by atoms with Gasteiger partial charge in [-0.2, -0.15) is 5.10 Å². The summed E-state index contributed by atoms with van der Waals surface area (Å²) >= 11 is 0. The number of piperidine rings is 1. The molecule has 0 spiro atoms. The third-order valence-corrected chi connectivity index (χ3v) is 6.45. The molecule has 4 rings (SSSR count). The molecule has 1 aliphatic heterocycles. The molecule has 1 aromatic carbocycles. The lowest BCUT2D eigenvalue weighted by Gasteiger charge is -2.35. The Morgan fingerprint density at radius 3 is 2.54 bits per heavy atom. The number of nitrogens with one attached hydrogen (secondary N) is 1. The highest BCUT2D eigenvalue weighted by molar-refractivity contribution is 5.79. The number of H-pyrrole nitrogens is 1. The number of rotatable bonds is 4. The average molecular weight is 383 g/mol. The second kappa shape index (κ2) is 8.33. The number of aryl methyl sites for hydroxylation is 1. The Morgan fingerprint density at radius 1 is 1.11 bits per heavy atom. The van der Waals surface area contributed by atoms with E-state index >= 15 is 0 Å². The molecule has 2 aromatic rings. The van der Waals surface area contributed by atoms with E-state index in [1.54, 1.807) is 4.57 Å². The molecule has 1 N–H and O–H groups in total. The number of aromatic nitrogens is 3. The maximum atomic E-state index is 12.8. The molecule has 0 unspecified atom stereocenters. The highest BCUT2D eigenvalue weighted by atomic mass is 16.2. The van der Waals surface area contributed by atoms with Crippen LogP contribution in [-0.4, -0.2) is 38.7 Å². The van der Waals surface area contributed by atoms with Crippen molar-refractivity contribution in [2.45, 2.75) is 58.3 Å². The summed E-state index contributed by atoms with van der Waals surface area (Å²) in [6, 6.07) is 7.89. The summed E-state index contributed by atoms with van der Waals surface area (Å²) in [7, 11) is 0. The molecule has 0 radical (unpaired) electrons. The van der Waals surface area contributed by atoms with Crippen LogP contribution >= 0.6 is 0 Å². The number of carbonyl (C=O) groups excluding carboxylic acids is 1. The molecule has 1 aliphatic carbocycles. The van der Waals surface area contributed by atoms with Gasteiger partial charge in [-0.15, -0.1) is 0 Å². The highest BCUT2D eigenvalue weighted by Gasteiger charge is 2.29. The fourth-order valence-corrected chi connectivity index (χ4v) is 4.75. The molecule has 6 nitrogen and oxygen atoms in total. The van der Waals surface area contributed by atoms with Gasteiger partial charge in [0.1, 0.15) is 5.82 Å². The first kappa shape index (κ1) is 19.0. The van der Waals surface area contributed by atoms with E-state index in [1.165, 1.54) is 19.3 Å². The predicted octanol–water partition coefficient (Wildman–Crippen LogP) is 3.23. The first-order valence-electron chi connectivity index (χ1n) is 10.6. The van der Waals surface area contributed by atoms with Crippen molar-refractivity contribution >= 4 is 5.91 Å². The van der Waals surface area contributed by atoms with E-state index in [9.17, 15) is 9.59 Å². The second-order valence-electron chi connectivity index (χ2n) is 8.37. The number of hydrogen-bond donors (Lipinski definition) is 1. The van der Waals surface area contributed by atoms with Crippen LogP contribution in [0.25, 0.3) is 5.69 Å². The molecule has 1 saturated heterocycles. The largest absolute Gasteiger partial charge is 0.347 e. The van der Waals surface area contributed by atoms with E-state index in [-0.39, 0.29) is 11.6 Å². The minimum absolute atomic E-state index is 0.186. The van der Waals surface area contributed by atoms with Crippen molar-refractivity contribution < 1.29 is 4.79 Å². The fourth-order valence-electron chi connectivity index (χ4n) is 4.75. The van der Waals surface area contributed by atoms with Gasteiger partial charge >= 0.3 is 5.69 Å². The number of aromatic amines is 1. The van der Waals surface area contributed by atoms with E-state index in [0.717, 1.165) is 62.3 Å². The lowest BCUT2D eigenvalue weighted by Crippen LogP contribution is -2.42. The number of benzene rings is 1. The maximum Gasteiger partial charge on any atom is 0.347 e. The zero-order chi connectivity index (χ0) is 19.5. The molecule has 2 aliphatic rings. The van der Waals surface area contributed by atoms with Gasteiger partial charge in [0, 0.05) is 25.4 Å². The summed E-state index contributed by atoms with van der Waals surface area (Å²) in [5.74, 6) is 1.86. The third kappa shape index (κ3) is 3.91. The lowest BCUT2D eigenvalue weighted by molar-refractivity contribution is -0.138. The molecule has 1 saturated carbocycles. The van der Waals surface area contributed by atoms with Crippen molar-refractivity contribution in [1.82, 2.24) is 19.7 Å². The minimum Gasteiger partial charge on any atom is -0.342 e. The van der Waals surface area contributed by atoms with Gasteiger partial charge in [0.2, 0.25) is 5.91 Å². The van der Waals surface area contributed by atoms with Crippen molar-refractivity contribution in [2.24, 2.45) is 11.8 Å². The van der Waals surface area contributed by atoms with E-state index in [4.69, 9.17) is 0 Å². The van der Waals surface area contributed by atoms with Gasteiger partial charge in [0.05, 0.1) is 5.69 Å². The molecular weight excluding hydrogens is 352 g/mol. The molecule has 6 heteroatoms. The Hall–Kier alpha value is -2.37. The van der Waals surface area contributed by atoms with Crippen LogP contribution in [0.3, 0.4) is 0 Å². The van der Waals surface area contributed by atoms with Gasteiger partial charge in [-0.05, 0) is 50.2 Å². The van der Waals surface area contributed by atoms with Crippen LogP contribution < -0.4 is 5.69 Å². The van der Waals surface area contributed by atoms with Crippen LogP contribution in [0.4, 0.5) is 0 Å². The summed E-state index contributed by atoms with van der Waals surface area (Å²) < 4.78 is 1.70. The molecule has 0 atom stereocenters. The number of likely N-dealkylation sites (tertiary alicyclic amines) is 1. The Labute approximate surface area is 165 Å². The quantitative estimate of drug-likeness (QED) is 0.882. The Morgan fingerprint density at radius 2 is 1.82 bits per heavy atom. The molecule has 2 fully saturated rings. The topological polar surface area (TPSA) is 71.0 Å². The van der Waals surface area contributed by atoms with Gasteiger partial charge in [-0.25, -0.2) is 14.5 Å². The first-order valence-corrected chi connectivity index (χ1v) is 10.6. The zero-order valence-corrected chi connectivity index (χ0v) is 16.7. The molecule has 28 heavy (non-hydrogen) atoms. The van der Waals surface area contributed by atoms with Crippen LogP contribution in [0.1, 0.15) is 56.3 Å². The van der Waals surface area contributed by atoms with Crippen molar-refractivity contribution in [1.29, 1.82) is 0 Å². The first-order chi connectivity index (χ1) is 13.6. The summed E-state index contributed by atoms with van der Waals surface area (Å²) in [5.41, 5.74) is 1.76. The highest BCUT2D eigenvalue weighted by Crippen LogP contribution is 2.28.